The van der Waals surface area contributed by atoms with Crippen molar-refractivity contribution in [1.29, 1.82) is 0 Å². The van der Waals surface area contributed by atoms with Crippen molar-refractivity contribution in [3.63, 3.8) is 0 Å². The molecule has 1 aromatic heterocycles. The van der Waals surface area contributed by atoms with E-state index >= 15 is 0 Å². The number of rotatable bonds is 4. The summed E-state index contributed by atoms with van der Waals surface area (Å²) in [5, 5.41) is 4.19. The lowest BCUT2D eigenvalue weighted by Gasteiger charge is -2.12. The zero-order valence-electron chi connectivity index (χ0n) is 12.5. The van der Waals surface area contributed by atoms with Gasteiger partial charge in [-0.1, -0.05) is 30.3 Å². The largest absolute Gasteiger partial charge is 0.329 e. The number of aromatic amines is 1. The van der Waals surface area contributed by atoms with Gasteiger partial charge >= 0.3 is 0 Å². The maximum atomic E-state index is 12.1. The molecule has 0 aliphatic rings. The van der Waals surface area contributed by atoms with E-state index in [0.29, 0.717) is 11.1 Å². The summed E-state index contributed by atoms with van der Waals surface area (Å²) in [6.07, 6.45) is 1.78. The number of pyridine rings is 1. The van der Waals surface area contributed by atoms with Crippen molar-refractivity contribution in [3.05, 3.63) is 76.7 Å². The predicted molar refractivity (Wildman–Crippen MR) is 91.2 cm³/mol. The number of amides is 1. The average Bonchev–Trinajstić information content (AvgIpc) is 2.55. The van der Waals surface area contributed by atoms with Gasteiger partial charge in [0.2, 0.25) is 5.91 Å². The molecule has 1 atom stereocenters. The number of carbonyl (C=O) groups is 1. The summed E-state index contributed by atoms with van der Waals surface area (Å²) >= 11 is 0. The fourth-order valence-electron chi connectivity index (χ4n) is 2.50. The predicted octanol–water partition coefficient (Wildman–Crippen LogP) is 2.56. The molecule has 1 amide bonds. The average molecular weight is 307 g/mol. The topological polar surface area (TPSA) is 88.0 Å². The molecule has 2 aromatic carbocycles. The molecule has 0 aliphatic carbocycles. The van der Waals surface area contributed by atoms with Crippen molar-refractivity contribution in [2.24, 2.45) is 5.73 Å². The number of nitrogens with two attached hydrogens (primary N) is 1. The molecule has 0 bridgehead atoms. The van der Waals surface area contributed by atoms with Crippen molar-refractivity contribution in [3.8, 4) is 0 Å². The van der Waals surface area contributed by atoms with E-state index in [4.69, 9.17) is 5.73 Å². The van der Waals surface area contributed by atoms with Crippen LogP contribution in [-0.2, 0) is 4.79 Å². The Hall–Kier alpha value is -2.92. The fraction of sp³-hybridized carbons (Fsp3) is 0.111. The molecule has 0 radical (unpaired) electrons. The molecule has 4 N–H and O–H groups in total. The van der Waals surface area contributed by atoms with Gasteiger partial charge in [-0.25, -0.2) is 0 Å². The number of benzene rings is 2. The molecule has 5 heteroatoms. The van der Waals surface area contributed by atoms with Crippen LogP contribution in [0, 0.1) is 0 Å². The first kappa shape index (κ1) is 15.0. The van der Waals surface area contributed by atoms with Gasteiger partial charge in [0, 0.05) is 29.7 Å². The van der Waals surface area contributed by atoms with E-state index in [9.17, 15) is 9.59 Å². The lowest BCUT2D eigenvalue weighted by molar-refractivity contribution is -0.116. The summed E-state index contributed by atoms with van der Waals surface area (Å²) in [5.74, 6) is -0.162. The number of nitrogens with one attached hydrogen (secondary N) is 2. The highest BCUT2D eigenvalue weighted by Gasteiger charge is 2.12. The summed E-state index contributed by atoms with van der Waals surface area (Å²) in [6, 6.07) is 16.1. The Balaban J connectivity index is 1.72. The van der Waals surface area contributed by atoms with E-state index in [-0.39, 0.29) is 23.9 Å². The Morgan fingerprint density at radius 1 is 1.13 bits per heavy atom. The van der Waals surface area contributed by atoms with E-state index in [1.807, 2.05) is 30.3 Å². The molecule has 116 valence electrons. The Morgan fingerprint density at radius 3 is 2.70 bits per heavy atom. The number of hydrogen-bond donors (Lipinski definition) is 3. The van der Waals surface area contributed by atoms with Gasteiger partial charge in [0.05, 0.1) is 0 Å². The number of hydrogen-bond acceptors (Lipinski definition) is 3. The Kier molecular flexibility index (Phi) is 4.21. The second-order valence-electron chi connectivity index (χ2n) is 5.38. The van der Waals surface area contributed by atoms with E-state index in [1.54, 1.807) is 30.5 Å². The molecule has 0 unspecified atom stereocenters. The molecule has 0 fully saturated rings. The molecule has 0 aliphatic heterocycles. The van der Waals surface area contributed by atoms with Gasteiger partial charge in [-0.2, -0.15) is 0 Å². The third-order valence-electron chi connectivity index (χ3n) is 3.69. The van der Waals surface area contributed by atoms with Crippen LogP contribution in [0.15, 0.2) is 65.6 Å². The second-order valence-corrected chi connectivity index (χ2v) is 5.38. The smallest absolute Gasteiger partial charge is 0.255 e. The van der Waals surface area contributed by atoms with Gasteiger partial charge in [0.1, 0.15) is 0 Å². The first-order chi connectivity index (χ1) is 11.1. The quantitative estimate of drug-likeness (QED) is 0.692. The van der Waals surface area contributed by atoms with Crippen LogP contribution in [0.1, 0.15) is 18.0 Å². The Bertz CT molecular complexity index is 887. The molecule has 0 saturated carbocycles. The van der Waals surface area contributed by atoms with Gasteiger partial charge in [-0.15, -0.1) is 0 Å². The van der Waals surface area contributed by atoms with Crippen LogP contribution >= 0.6 is 0 Å². The third-order valence-corrected chi connectivity index (χ3v) is 3.69. The monoisotopic (exact) mass is 307 g/mol. The lowest BCUT2D eigenvalue weighted by Crippen LogP contribution is -2.20. The maximum Gasteiger partial charge on any atom is 0.255 e. The number of carbonyl (C=O) groups excluding carboxylic acids is 1. The van der Waals surface area contributed by atoms with Crippen molar-refractivity contribution in [1.82, 2.24) is 4.98 Å². The van der Waals surface area contributed by atoms with Crippen LogP contribution in [0.25, 0.3) is 10.8 Å². The highest BCUT2D eigenvalue weighted by Crippen LogP contribution is 2.18. The van der Waals surface area contributed by atoms with Gasteiger partial charge < -0.3 is 16.0 Å². The summed E-state index contributed by atoms with van der Waals surface area (Å²) < 4.78 is 0. The van der Waals surface area contributed by atoms with Crippen LogP contribution in [-0.4, -0.2) is 10.9 Å². The highest BCUT2D eigenvalue weighted by atomic mass is 16.1. The molecule has 23 heavy (non-hydrogen) atoms. The number of aromatic nitrogens is 1. The molecule has 3 rings (SSSR count). The standard InChI is InChI=1S/C18H17N3O2/c19-16(12-4-2-1-3-5-12)11-17(22)21-14-6-7-15-13(10-14)8-9-20-18(15)23/h1-10,16H,11,19H2,(H,20,23)(H,21,22)/t16-/m1/s1. The summed E-state index contributed by atoms with van der Waals surface area (Å²) in [7, 11) is 0. The van der Waals surface area contributed by atoms with E-state index in [0.717, 1.165) is 10.9 Å². The number of fused-ring (bicyclic) bond motifs is 1. The van der Waals surface area contributed by atoms with Crippen molar-refractivity contribution >= 4 is 22.4 Å². The molecule has 5 nitrogen and oxygen atoms in total. The molecule has 0 saturated heterocycles. The highest BCUT2D eigenvalue weighted by molar-refractivity contribution is 5.94. The molecular weight excluding hydrogens is 290 g/mol. The first-order valence-corrected chi connectivity index (χ1v) is 7.35. The van der Waals surface area contributed by atoms with E-state index in [2.05, 4.69) is 10.3 Å². The fourth-order valence-corrected chi connectivity index (χ4v) is 2.50. The maximum absolute atomic E-state index is 12.1. The normalized spacial score (nSPS) is 12.0. The van der Waals surface area contributed by atoms with Gasteiger partial charge in [0.15, 0.2) is 0 Å². The molecule has 1 heterocycles. The first-order valence-electron chi connectivity index (χ1n) is 7.35. The zero-order valence-corrected chi connectivity index (χ0v) is 12.5. The van der Waals surface area contributed by atoms with Crippen molar-refractivity contribution < 1.29 is 4.79 Å². The van der Waals surface area contributed by atoms with Crippen molar-refractivity contribution in [2.75, 3.05) is 5.32 Å². The second kappa shape index (κ2) is 6.46. The summed E-state index contributed by atoms with van der Waals surface area (Å²) in [4.78, 5) is 26.4. The van der Waals surface area contributed by atoms with Gasteiger partial charge in [-0.05, 0) is 35.2 Å². The van der Waals surface area contributed by atoms with E-state index in [1.165, 1.54) is 0 Å². The minimum atomic E-state index is -0.348. The van der Waals surface area contributed by atoms with Crippen LogP contribution in [0.2, 0.25) is 0 Å². The minimum absolute atomic E-state index is 0.147. The number of anilines is 1. The van der Waals surface area contributed by atoms with Crippen LogP contribution in [0.3, 0.4) is 0 Å². The summed E-state index contributed by atoms with van der Waals surface area (Å²) in [6.45, 7) is 0. The van der Waals surface area contributed by atoms with Crippen LogP contribution < -0.4 is 16.6 Å². The van der Waals surface area contributed by atoms with Crippen molar-refractivity contribution in [2.45, 2.75) is 12.5 Å². The lowest BCUT2D eigenvalue weighted by atomic mass is 10.0. The molecular formula is C18H17N3O2. The summed E-state index contributed by atoms with van der Waals surface area (Å²) in [5.41, 5.74) is 7.48. The SMILES string of the molecule is N[C@H](CC(=O)Nc1ccc2c(=O)[nH]ccc2c1)c1ccccc1. The zero-order chi connectivity index (χ0) is 16.2. The van der Waals surface area contributed by atoms with E-state index < -0.39 is 0 Å². The van der Waals surface area contributed by atoms with Crippen LogP contribution in [0.4, 0.5) is 5.69 Å². The molecule has 3 aromatic rings. The number of H-pyrrole nitrogens is 1. The van der Waals surface area contributed by atoms with Gasteiger partial charge in [-0.3, -0.25) is 9.59 Å². The van der Waals surface area contributed by atoms with Gasteiger partial charge in [0.25, 0.3) is 5.56 Å². The minimum Gasteiger partial charge on any atom is -0.329 e. The van der Waals surface area contributed by atoms with Crippen LogP contribution in [0.5, 0.6) is 0 Å². The Morgan fingerprint density at radius 2 is 1.91 bits per heavy atom. The molecule has 0 spiro atoms. The Labute approximate surface area is 133 Å². The third kappa shape index (κ3) is 3.46.